The van der Waals surface area contributed by atoms with Gasteiger partial charge in [0.05, 0.1) is 18.3 Å². The minimum atomic E-state index is -1.08. The van der Waals surface area contributed by atoms with Crippen LogP contribution in [0.15, 0.2) is 34.9 Å². The summed E-state index contributed by atoms with van der Waals surface area (Å²) >= 11 is 9.65. The topological polar surface area (TPSA) is 101 Å². The Morgan fingerprint density at radius 1 is 1.28 bits per heavy atom. The van der Waals surface area contributed by atoms with E-state index in [-0.39, 0.29) is 24.0 Å². The second-order valence-corrected chi connectivity index (χ2v) is 9.28. The van der Waals surface area contributed by atoms with Crippen molar-refractivity contribution in [2.24, 2.45) is 11.7 Å². The van der Waals surface area contributed by atoms with Gasteiger partial charge in [0.25, 0.3) is 0 Å². The maximum Gasteiger partial charge on any atom is 0.229 e. The summed E-state index contributed by atoms with van der Waals surface area (Å²) in [6.07, 6.45) is 6.24. The lowest BCUT2D eigenvalue weighted by atomic mass is 9.81. The van der Waals surface area contributed by atoms with E-state index in [1.54, 1.807) is 12.3 Å². The van der Waals surface area contributed by atoms with Crippen molar-refractivity contribution in [1.29, 1.82) is 0 Å². The first-order valence-corrected chi connectivity index (χ1v) is 12.2. The Balaban J connectivity index is 0.00000141. The zero-order valence-corrected chi connectivity index (χ0v) is 20.7. The molecule has 2 aromatic rings. The molecule has 0 bridgehead atoms. The van der Waals surface area contributed by atoms with E-state index in [9.17, 15) is 10.1 Å². The van der Waals surface area contributed by atoms with E-state index in [2.05, 4.69) is 20.9 Å². The third-order valence-electron chi connectivity index (χ3n) is 5.99. The Labute approximate surface area is 201 Å². The summed E-state index contributed by atoms with van der Waals surface area (Å²) in [7, 11) is 0. The number of nitrogens with two attached hydrogens (primary N) is 1. The average Bonchev–Trinajstić information content (AvgIpc) is 2.80. The number of nitro groups is 1. The molecule has 0 saturated heterocycles. The molecule has 4 rings (SSSR count). The van der Waals surface area contributed by atoms with Crippen molar-refractivity contribution >= 4 is 27.5 Å². The molecule has 0 radical (unpaired) electrons. The summed E-state index contributed by atoms with van der Waals surface area (Å²) in [5.74, 6) is 1.27. The third-order valence-corrected chi connectivity index (χ3v) is 6.69. The number of nitrogens with zero attached hydrogens (tertiary/aromatic N) is 2. The Morgan fingerprint density at radius 2 is 1.97 bits per heavy atom. The molecular weight excluding hydrogens is 498 g/mol. The largest absolute Gasteiger partial charge is 0.455 e. The zero-order valence-electron chi connectivity index (χ0n) is 18.4. The Bertz CT molecular complexity index is 901. The maximum atomic E-state index is 11.3. The zero-order chi connectivity index (χ0) is 23.3. The summed E-state index contributed by atoms with van der Waals surface area (Å²) in [5.41, 5.74) is 7.25. The molecular formula is C23H29BrClN3O4. The maximum absolute atomic E-state index is 11.3. The van der Waals surface area contributed by atoms with Crippen LogP contribution in [0.25, 0.3) is 0 Å². The first kappa shape index (κ1) is 24.9. The van der Waals surface area contributed by atoms with Crippen molar-refractivity contribution in [3.63, 3.8) is 0 Å². The predicted molar refractivity (Wildman–Crippen MR) is 128 cm³/mol. The van der Waals surface area contributed by atoms with Crippen molar-refractivity contribution in [2.45, 2.75) is 57.6 Å². The molecule has 7 nitrogen and oxygen atoms in total. The molecule has 1 aliphatic heterocycles. The highest BCUT2D eigenvalue weighted by molar-refractivity contribution is 9.10. The van der Waals surface area contributed by atoms with Crippen LogP contribution in [0.5, 0.6) is 11.5 Å². The van der Waals surface area contributed by atoms with Gasteiger partial charge < -0.3 is 15.2 Å². The highest BCUT2D eigenvalue weighted by atomic mass is 79.9. The molecule has 2 unspecified atom stereocenters. The average molecular weight is 527 g/mol. The van der Waals surface area contributed by atoms with Crippen LogP contribution in [0.1, 0.15) is 57.1 Å². The Kier molecular flexibility index (Phi) is 8.49. The first-order chi connectivity index (χ1) is 15.4. The van der Waals surface area contributed by atoms with Gasteiger partial charge in [-0.05, 0) is 43.0 Å². The number of benzene rings is 1. The second-order valence-electron chi connectivity index (χ2n) is 7.98. The van der Waals surface area contributed by atoms with Crippen LogP contribution in [-0.4, -0.2) is 29.2 Å². The highest BCUT2D eigenvalue weighted by Gasteiger charge is 2.42. The third kappa shape index (κ3) is 5.42. The van der Waals surface area contributed by atoms with Gasteiger partial charge in [-0.3, -0.25) is 10.1 Å². The van der Waals surface area contributed by atoms with E-state index in [0.717, 1.165) is 35.7 Å². The number of hydrogen-bond donors (Lipinski definition) is 1. The minimum absolute atomic E-state index is 0.0716. The first-order valence-electron chi connectivity index (χ1n) is 11.0. The van der Waals surface area contributed by atoms with Crippen molar-refractivity contribution in [2.75, 3.05) is 13.2 Å². The van der Waals surface area contributed by atoms with E-state index < -0.39 is 11.6 Å². The summed E-state index contributed by atoms with van der Waals surface area (Å²) in [6, 6.07) is 7.26. The van der Waals surface area contributed by atoms with Gasteiger partial charge in [0.15, 0.2) is 5.75 Å². The van der Waals surface area contributed by atoms with Crippen LogP contribution >= 0.6 is 27.5 Å². The number of pyridine rings is 1. The second kappa shape index (κ2) is 10.9. The SMILES string of the molecule is CC.NC1(COC(C[N+](=O)[O-])C2CCCCC2)c2cc(Br)ccc2Oc2cnc(Cl)cc21. The molecule has 0 amide bonds. The molecule has 2 atom stereocenters. The summed E-state index contributed by atoms with van der Waals surface area (Å²) < 4.78 is 13.1. The van der Waals surface area contributed by atoms with E-state index in [1.807, 2.05) is 32.0 Å². The number of aromatic nitrogens is 1. The van der Waals surface area contributed by atoms with E-state index in [0.29, 0.717) is 22.2 Å². The van der Waals surface area contributed by atoms with Crippen LogP contribution in [0.2, 0.25) is 5.15 Å². The van der Waals surface area contributed by atoms with Crippen LogP contribution in [0, 0.1) is 16.0 Å². The fraction of sp³-hybridized carbons (Fsp3) is 0.522. The molecule has 1 aromatic carbocycles. The molecule has 2 heterocycles. The minimum Gasteiger partial charge on any atom is -0.455 e. The van der Waals surface area contributed by atoms with Crippen molar-refractivity contribution in [1.82, 2.24) is 4.98 Å². The number of ether oxygens (including phenoxy) is 2. The van der Waals surface area contributed by atoms with Crippen LogP contribution < -0.4 is 10.5 Å². The van der Waals surface area contributed by atoms with E-state index >= 15 is 0 Å². The fourth-order valence-electron chi connectivity index (χ4n) is 4.44. The molecule has 174 valence electrons. The fourth-order valence-corrected chi connectivity index (χ4v) is 4.95. The molecule has 0 spiro atoms. The standard InChI is InChI=1S/C21H23BrClN3O4.C2H6/c22-14-6-7-17-15(8-14)21(24,16-9-20(23)25-10-18(16)30-17)12-29-19(11-26(27)28)13-4-2-1-3-5-13;1-2/h6-10,13,19H,1-5,11-12,24H2;1-2H3. The molecule has 1 aromatic heterocycles. The van der Waals surface area contributed by atoms with Gasteiger partial charge in [-0.15, -0.1) is 0 Å². The van der Waals surface area contributed by atoms with Crippen LogP contribution in [0.3, 0.4) is 0 Å². The molecule has 1 fully saturated rings. The summed E-state index contributed by atoms with van der Waals surface area (Å²) in [4.78, 5) is 15.1. The normalized spacial score (nSPS) is 20.8. The number of fused-ring (bicyclic) bond motifs is 2. The molecule has 2 N–H and O–H groups in total. The Morgan fingerprint density at radius 3 is 2.66 bits per heavy atom. The van der Waals surface area contributed by atoms with Crippen LogP contribution in [-0.2, 0) is 10.3 Å². The smallest absolute Gasteiger partial charge is 0.229 e. The molecule has 2 aliphatic rings. The van der Waals surface area contributed by atoms with Gasteiger partial charge in [0.2, 0.25) is 6.54 Å². The lowest BCUT2D eigenvalue weighted by molar-refractivity contribution is -0.494. The van der Waals surface area contributed by atoms with Gasteiger partial charge >= 0.3 is 0 Å². The number of rotatable bonds is 6. The van der Waals surface area contributed by atoms with Gasteiger partial charge in [-0.25, -0.2) is 4.98 Å². The van der Waals surface area contributed by atoms with E-state index in [1.165, 1.54) is 6.42 Å². The van der Waals surface area contributed by atoms with Gasteiger partial charge in [-0.2, -0.15) is 0 Å². The quantitative estimate of drug-likeness (QED) is 0.278. The predicted octanol–water partition coefficient (Wildman–Crippen LogP) is 6.07. The lowest BCUT2D eigenvalue weighted by Crippen LogP contribution is -2.47. The van der Waals surface area contributed by atoms with Gasteiger partial charge in [0, 0.05) is 20.5 Å². The highest BCUT2D eigenvalue weighted by Crippen LogP contribution is 2.47. The van der Waals surface area contributed by atoms with Crippen molar-refractivity contribution < 1.29 is 14.4 Å². The van der Waals surface area contributed by atoms with Gasteiger partial charge in [0.1, 0.15) is 17.0 Å². The van der Waals surface area contributed by atoms with Crippen molar-refractivity contribution in [3.8, 4) is 11.5 Å². The number of hydrogen-bond acceptors (Lipinski definition) is 6. The van der Waals surface area contributed by atoms with Crippen LogP contribution in [0.4, 0.5) is 0 Å². The van der Waals surface area contributed by atoms with Gasteiger partial charge in [-0.1, -0.05) is 60.6 Å². The monoisotopic (exact) mass is 525 g/mol. The summed E-state index contributed by atoms with van der Waals surface area (Å²) in [6.45, 7) is 3.84. The molecule has 9 heteroatoms. The summed E-state index contributed by atoms with van der Waals surface area (Å²) in [5, 5.41) is 11.6. The van der Waals surface area contributed by atoms with E-state index in [4.69, 9.17) is 26.8 Å². The molecule has 1 aliphatic carbocycles. The number of halogens is 2. The lowest BCUT2D eigenvalue weighted by Gasteiger charge is -2.38. The molecule has 1 saturated carbocycles. The molecule has 32 heavy (non-hydrogen) atoms. The van der Waals surface area contributed by atoms with Crippen molar-refractivity contribution in [3.05, 3.63) is 61.3 Å². The Hall–Kier alpha value is -1.74.